The smallest absolute Gasteiger partial charge is 0.326 e. The summed E-state index contributed by atoms with van der Waals surface area (Å²) in [5, 5.41) is 1.19. The van der Waals surface area contributed by atoms with E-state index in [0.717, 1.165) is 16.8 Å². The van der Waals surface area contributed by atoms with Crippen molar-refractivity contribution in [3.8, 4) is 5.75 Å². The maximum atomic E-state index is 15.2. The molecule has 0 unspecified atom stereocenters. The number of halogens is 2. The van der Waals surface area contributed by atoms with Crippen molar-refractivity contribution in [1.29, 1.82) is 0 Å². The van der Waals surface area contributed by atoms with E-state index in [1.165, 1.54) is 0 Å². The SMILES string of the molecule is CCOC(=O)CN1CCCN(C(=O)N2C(c3cnc(C(C)(C)C)cc3OCC)=N[C@@](C)(c3ccc(Cl)cc3)[C@@]2(C)c2ccc(Cl)cc2)CC1. The second-order valence-electron chi connectivity index (χ2n) is 13.9. The van der Waals surface area contributed by atoms with Gasteiger partial charge in [0.15, 0.2) is 0 Å². The van der Waals surface area contributed by atoms with Crippen molar-refractivity contribution in [2.24, 2.45) is 4.99 Å². The third-order valence-corrected chi connectivity index (χ3v) is 10.1. The molecule has 5 rings (SSSR count). The lowest BCUT2D eigenvalue weighted by Crippen LogP contribution is -2.58. The Hall–Kier alpha value is -3.66. The Balaban J connectivity index is 1.70. The number of pyridine rings is 1. The number of aliphatic imine (C=N–C) groups is 1. The van der Waals surface area contributed by atoms with E-state index >= 15 is 4.79 Å². The van der Waals surface area contributed by atoms with Gasteiger partial charge in [-0.15, -0.1) is 0 Å². The molecule has 0 aliphatic carbocycles. The zero-order chi connectivity index (χ0) is 35.6. The molecule has 2 aliphatic heterocycles. The Bertz CT molecular complexity index is 1690. The monoisotopic (exact) mass is 707 g/mol. The highest BCUT2D eigenvalue weighted by Gasteiger charge is 2.60. The minimum absolute atomic E-state index is 0.187. The van der Waals surface area contributed by atoms with Gasteiger partial charge in [-0.3, -0.25) is 24.6 Å². The van der Waals surface area contributed by atoms with Crippen LogP contribution in [0.15, 0.2) is 65.8 Å². The quantitative estimate of drug-likeness (QED) is 0.223. The van der Waals surface area contributed by atoms with Crippen LogP contribution < -0.4 is 4.74 Å². The second-order valence-corrected chi connectivity index (χ2v) is 14.8. The van der Waals surface area contributed by atoms with Crippen LogP contribution in [0.25, 0.3) is 0 Å². The Morgan fingerprint density at radius 1 is 0.878 bits per heavy atom. The normalized spacial score (nSPS) is 21.7. The van der Waals surface area contributed by atoms with Crippen molar-refractivity contribution in [3.05, 3.63) is 93.2 Å². The Morgan fingerprint density at radius 2 is 1.51 bits per heavy atom. The Kier molecular flexibility index (Phi) is 11.0. The van der Waals surface area contributed by atoms with Crippen LogP contribution in [0.1, 0.15) is 77.3 Å². The molecular formula is C38H47Cl2N5O4. The van der Waals surface area contributed by atoms with Crippen molar-refractivity contribution in [2.45, 2.75) is 71.4 Å². The van der Waals surface area contributed by atoms with Crippen LogP contribution in [0.5, 0.6) is 5.75 Å². The Labute approximate surface area is 300 Å². The topological polar surface area (TPSA) is 87.6 Å². The largest absolute Gasteiger partial charge is 0.493 e. The van der Waals surface area contributed by atoms with E-state index in [-0.39, 0.29) is 24.0 Å². The number of carbonyl (C=O) groups is 2. The first-order valence-corrected chi connectivity index (χ1v) is 17.7. The van der Waals surface area contributed by atoms with Crippen molar-refractivity contribution in [1.82, 2.24) is 19.7 Å². The number of amidine groups is 1. The zero-order valence-corrected chi connectivity index (χ0v) is 31.1. The summed E-state index contributed by atoms with van der Waals surface area (Å²) in [4.78, 5) is 43.7. The lowest BCUT2D eigenvalue weighted by molar-refractivity contribution is -0.144. The predicted molar refractivity (Wildman–Crippen MR) is 195 cm³/mol. The molecule has 3 aromatic rings. The molecule has 2 aromatic carbocycles. The molecule has 2 aliphatic rings. The third kappa shape index (κ3) is 7.30. The number of amides is 2. The van der Waals surface area contributed by atoms with E-state index in [1.54, 1.807) is 13.1 Å². The average Bonchev–Trinajstić information content (AvgIpc) is 3.16. The molecule has 2 amide bonds. The minimum atomic E-state index is -1.04. The maximum absolute atomic E-state index is 15.2. The summed E-state index contributed by atoms with van der Waals surface area (Å²) in [6.07, 6.45) is 2.48. The summed E-state index contributed by atoms with van der Waals surface area (Å²) in [6.45, 7) is 17.2. The molecule has 1 aromatic heterocycles. The number of rotatable bonds is 8. The van der Waals surface area contributed by atoms with Crippen molar-refractivity contribution in [2.75, 3.05) is 45.9 Å². The van der Waals surface area contributed by atoms with E-state index in [2.05, 4.69) is 34.6 Å². The van der Waals surface area contributed by atoms with Crippen molar-refractivity contribution >= 4 is 41.0 Å². The van der Waals surface area contributed by atoms with Crippen LogP contribution in [0, 0.1) is 0 Å². The summed E-state index contributed by atoms with van der Waals surface area (Å²) < 4.78 is 11.5. The summed E-state index contributed by atoms with van der Waals surface area (Å²) in [7, 11) is 0. The predicted octanol–water partition coefficient (Wildman–Crippen LogP) is 7.67. The lowest BCUT2D eigenvalue weighted by Gasteiger charge is -2.46. The van der Waals surface area contributed by atoms with E-state index in [0.29, 0.717) is 73.0 Å². The van der Waals surface area contributed by atoms with Gasteiger partial charge in [-0.1, -0.05) is 68.2 Å². The fourth-order valence-corrected chi connectivity index (χ4v) is 6.96. The van der Waals surface area contributed by atoms with Gasteiger partial charge in [0.05, 0.1) is 25.3 Å². The van der Waals surface area contributed by atoms with Crippen LogP contribution in [-0.2, 0) is 26.0 Å². The van der Waals surface area contributed by atoms with Gasteiger partial charge in [-0.05, 0) is 69.5 Å². The number of esters is 1. The fraction of sp³-hybridized carbons (Fsp3) is 0.474. The highest BCUT2D eigenvalue weighted by molar-refractivity contribution is 6.30. The lowest BCUT2D eigenvalue weighted by atomic mass is 9.71. The first kappa shape index (κ1) is 36.6. The Morgan fingerprint density at radius 3 is 2.10 bits per heavy atom. The van der Waals surface area contributed by atoms with Gasteiger partial charge >= 0.3 is 12.0 Å². The molecule has 49 heavy (non-hydrogen) atoms. The molecule has 0 radical (unpaired) electrons. The van der Waals surface area contributed by atoms with Gasteiger partial charge in [0.2, 0.25) is 0 Å². The summed E-state index contributed by atoms with van der Waals surface area (Å²) in [5.74, 6) is 0.804. The third-order valence-electron chi connectivity index (χ3n) is 9.63. The van der Waals surface area contributed by atoms with Gasteiger partial charge in [0.25, 0.3) is 0 Å². The number of urea groups is 1. The van der Waals surface area contributed by atoms with Crippen LogP contribution in [0.4, 0.5) is 4.79 Å². The molecule has 0 bridgehead atoms. The molecule has 0 spiro atoms. The fourth-order valence-electron chi connectivity index (χ4n) is 6.71. The van der Waals surface area contributed by atoms with Crippen LogP contribution in [0.2, 0.25) is 10.0 Å². The van der Waals surface area contributed by atoms with E-state index in [1.807, 2.05) is 76.2 Å². The molecular weight excluding hydrogens is 661 g/mol. The minimum Gasteiger partial charge on any atom is -0.493 e. The van der Waals surface area contributed by atoms with Gasteiger partial charge in [-0.25, -0.2) is 4.79 Å². The molecule has 0 saturated carbocycles. The van der Waals surface area contributed by atoms with Crippen LogP contribution in [0.3, 0.4) is 0 Å². The maximum Gasteiger partial charge on any atom is 0.326 e. The van der Waals surface area contributed by atoms with Gasteiger partial charge in [-0.2, -0.15) is 0 Å². The molecule has 262 valence electrons. The molecule has 9 nitrogen and oxygen atoms in total. The van der Waals surface area contributed by atoms with E-state index < -0.39 is 11.1 Å². The first-order chi connectivity index (χ1) is 23.2. The van der Waals surface area contributed by atoms with E-state index in [4.69, 9.17) is 42.7 Å². The van der Waals surface area contributed by atoms with E-state index in [9.17, 15) is 4.79 Å². The summed E-state index contributed by atoms with van der Waals surface area (Å²) >= 11 is 12.8. The summed E-state index contributed by atoms with van der Waals surface area (Å²) in [5.41, 5.74) is 0.985. The number of benzene rings is 2. The number of nitrogens with zero attached hydrogens (tertiary/aromatic N) is 5. The number of hydrogen-bond donors (Lipinski definition) is 0. The molecule has 1 fully saturated rings. The second kappa shape index (κ2) is 14.7. The van der Waals surface area contributed by atoms with Gasteiger partial charge in [0, 0.05) is 59.6 Å². The van der Waals surface area contributed by atoms with Crippen LogP contribution >= 0.6 is 23.2 Å². The standard InChI is InChI=1S/C38H47Cl2N5O4/c1-8-48-31-23-32(36(3,4)5)41-24-30(31)34-42-37(6,26-11-15-28(39)16-12-26)38(7,27-13-17-29(40)18-14-27)45(34)35(47)44-20-10-19-43(21-22-44)25-33(46)49-9-2/h11-18,23-24H,8-10,19-22,25H2,1-7H3/t37-,38+/m0/s1. The average molecular weight is 709 g/mol. The first-order valence-electron chi connectivity index (χ1n) is 17.0. The molecule has 3 heterocycles. The zero-order valence-electron chi connectivity index (χ0n) is 29.6. The number of hydrogen-bond acceptors (Lipinski definition) is 7. The van der Waals surface area contributed by atoms with Crippen molar-refractivity contribution < 1.29 is 19.1 Å². The van der Waals surface area contributed by atoms with Gasteiger partial charge in [0.1, 0.15) is 22.7 Å². The highest BCUT2D eigenvalue weighted by atomic mass is 35.5. The van der Waals surface area contributed by atoms with Crippen LogP contribution in [-0.4, -0.2) is 83.5 Å². The summed E-state index contributed by atoms with van der Waals surface area (Å²) in [6, 6.07) is 17.0. The molecule has 0 N–H and O–H groups in total. The molecule has 1 saturated heterocycles. The molecule has 2 atom stereocenters. The number of aromatic nitrogens is 1. The number of ether oxygens (including phenoxy) is 2. The van der Waals surface area contributed by atoms with Gasteiger partial charge < -0.3 is 14.4 Å². The highest BCUT2D eigenvalue weighted by Crippen LogP contribution is 2.54. The van der Waals surface area contributed by atoms with Crippen molar-refractivity contribution in [3.63, 3.8) is 0 Å². The molecule has 11 heteroatoms. The number of carbonyl (C=O) groups excluding carboxylic acids is 2.